The number of thioether (sulfide) groups is 1. The van der Waals surface area contributed by atoms with Crippen LogP contribution in [0, 0.1) is 11.6 Å². The maximum absolute atomic E-state index is 13.8. The Morgan fingerprint density at radius 2 is 2.00 bits per heavy atom. The molecule has 1 aliphatic rings. The predicted octanol–water partition coefficient (Wildman–Crippen LogP) is 4.29. The van der Waals surface area contributed by atoms with Crippen LogP contribution < -0.4 is 5.32 Å². The van der Waals surface area contributed by atoms with Crippen LogP contribution in [0.1, 0.15) is 23.6 Å². The molecule has 0 bridgehead atoms. The third-order valence-corrected chi connectivity index (χ3v) is 4.63. The molecule has 1 N–H and O–H groups in total. The monoisotopic (exact) mass is 291 g/mol. The van der Waals surface area contributed by atoms with Gasteiger partial charge in [0.2, 0.25) is 0 Å². The van der Waals surface area contributed by atoms with Crippen molar-refractivity contribution in [3.05, 3.63) is 65.2 Å². The van der Waals surface area contributed by atoms with E-state index in [1.165, 1.54) is 18.2 Å². The molecule has 0 spiro atoms. The second kappa shape index (κ2) is 5.94. The van der Waals surface area contributed by atoms with Gasteiger partial charge in [-0.15, -0.1) is 11.8 Å². The molecule has 0 fully saturated rings. The number of nitrogens with one attached hydrogen (secondary N) is 1. The maximum atomic E-state index is 13.8. The third kappa shape index (κ3) is 2.86. The summed E-state index contributed by atoms with van der Waals surface area (Å²) in [6.07, 6.45) is 0.955. The molecular weight excluding hydrogens is 276 g/mol. The second-order valence-corrected chi connectivity index (χ2v) is 5.96. The Hall–Kier alpha value is -1.39. The van der Waals surface area contributed by atoms with Crippen molar-refractivity contribution in [1.29, 1.82) is 0 Å². The first kappa shape index (κ1) is 13.6. The van der Waals surface area contributed by atoms with Crippen LogP contribution in [-0.2, 0) is 6.54 Å². The van der Waals surface area contributed by atoms with Gasteiger partial charge in [-0.1, -0.05) is 24.3 Å². The van der Waals surface area contributed by atoms with Crippen LogP contribution in [0.3, 0.4) is 0 Å². The van der Waals surface area contributed by atoms with Crippen molar-refractivity contribution in [2.75, 3.05) is 5.75 Å². The highest BCUT2D eigenvalue weighted by Gasteiger charge is 2.22. The Morgan fingerprint density at radius 3 is 2.85 bits per heavy atom. The minimum absolute atomic E-state index is 0.130. The number of halogens is 2. The molecule has 0 radical (unpaired) electrons. The molecule has 0 saturated heterocycles. The highest BCUT2D eigenvalue weighted by Crippen LogP contribution is 2.37. The van der Waals surface area contributed by atoms with Crippen molar-refractivity contribution in [2.24, 2.45) is 0 Å². The SMILES string of the molecule is Fc1cccc(CNC2CCSc3c(F)cccc32)c1. The highest BCUT2D eigenvalue weighted by atomic mass is 32.2. The molecule has 104 valence electrons. The summed E-state index contributed by atoms with van der Waals surface area (Å²) >= 11 is 1.57. The van der Waals surface area contributed by atoms with E-state index in [4.69, 9.17) is 0 Å². The van der Waals surface area contributed by atoms with Crippen molar-refractivity contribution in [3.63, 3.8) is 0 Å². The molecule has 1 atom stereocenters. The van der Waals surface area contributed by atoms with Crippen LogP contribution in [0.15, 0.2) is 47.4 Å². The molecule has 1 aliphatic heterocycles. The van der Waals surface area contributed by atoms with E-state index >= 15 is 0 Å². The first-order valence-electron chi connectivity index (χ1n) is 6.63. The van der Waals surface area contributed by atoms with Gasteiger partial charge in [-0.05, 0) is 41.5 Å². The minimum Gasteiger partial charge on any atom is -0.306 e. The van der Waals surface area contributed by atoms with Crippen LogP contribution in [0.5, 0.6) is 0 Å². The molecule has 1 heterocycles. The summed E-state index contributed by atoms with van der Waals surface area (Å²) in [5.41, 5.74) is 1.92. The zero-order valence-corrected chi connectivity index (χ0v) is 11.7. The van der Waals surface area contributed by atoms with E-state index in [9.17, 15) is 8.78 Å². The summed E-state index contributed by atoms with van der Waals surface area (Å²) in [5.74, 6) is 0.522. The van der Waals surface area contributed by atoms with Gasteiger partial charge in [0.1, 0.15) is 11.6 Å². The predicted molar refractivity (Wildman–Crippen MR) is 77.7 cm³/mol. The first-order chi connectivity index (χ1) is 9.74. The lowest BCUT2D eigenvalue weighted by Crippen LogP contribution is -2.24. The second-order valence-electron chi connectivity index (χ2n) is 4.86. The van der Waals surface area contributed by atoms with Crippen LogP contribution in [-0.4, -0.2) is 5.75 Å². The fraction of sp³-hybridized carbons (Fsp3) is 0.250. The Balaban J connectivity index is 1.75. The van der Waals surface area contributed by atoms with Crippen LogP contribution in [0.4, 0.5) is 8.78 Å². The number of hydrogen-bond donors (Lipinski definition) is 1. The van der Waals surface area contributed by atoms with E-state index in [0.29, 0.717) is 6.54 Å². The van der Waals surface area contributed by atoms with E-state index < -0.39 is 0 Å². The van der Waals surface area contributed by atoms with Crippen LogP contribution >= 0.6 is 11.8 Å². The smallest absolute Gasteiger partial charge is 0.137 e. The van der Waals surface area contributed by atoms with E-state index in [1.54, 1.807) is 23.9 Å². The highest BCUT2D eigenvalue weighted by molar-refractivity contribution is 7.99. The molecule has 0 aromatic heterocycles. The average Bonchev–Trinajstić information content (AvgIpc) is 2.46. The van der Waals surface area contributed by atoms with E-state index in [-0.39, 0.29) is 17.7 Å². The number of rotatable bonds is 3. The lowest BCUT2D eigenvalue weighted by molar-refractivity contribution is 0.495. The van der Waals surface area contributed by atoms with Gasteiger partial charge in [-0.2, -0.15) is 0 Å². The average molecular weight is 291 g/mol. The Kier molecular flexibility index (Phi) is 4.03. The zero-order valence-electron chi connectivity index (χ0n) is 10.9. The van der Waals surface area contributed by atoms with Gasteiger partial charge >= 0.3 is 0 Å². The molecule has 4 heteroatoms. The van der Waals surface area contributed by atoms with Crippen molar-refractivity contribution in [2.45, 2.75) is 23.9 Å². The molecule has 0 saturated carbocycles. The Morgan fingerprint density at radius 1 is 1.15 bits per heavy atom. The fourth-order valence-electron chi connectivity index (χ4n) is 2.49. The topological polar surface area (TPSA) is 12.0 Å². The summed E-state index contributed by atoms with van der Waals surface area (Å²) in [4.78, 5) is 0.746. The molecule has 3 rings (SSSR count). The first-order valence-corrected chi connectivity index (χ1v) is 7.61. The molecule has 1 nitrogen and oxygen atoms in total. The van der Waals surface area contributed by atoms with Gasteiger partial charge in [0, 0.05) is 17.5 Å². The quantitative estimate of drug-likeness (QED) is 0.905. The Labute approximate surface area is 121 Å². The lowest BCUT2D eigenvalue weighted by atomic mass is 10.0. The number of fused-ring (bicyclic) bond motifs is 1. The van der Waals surface area contributed by atoms with Gasteiger partial charge < -0.3 is 5.32 Å². The van der Waals surface area contributed by atoms with Gasteiger partial charge in [-0.25, -0.2) is 8.78 Å². The van der Waals surface area contributed by atoms with E-state index in [1.807, 2.05) is 12.1 Å². The molecule has 0 aliphatic carbocycles. The minimum atomic E-state index is -0.227. The molecule has 0 amide bonds. The summed E-state index contributed by atoms with van der Waals surface area (Å²) < 4.78 is 26.9. The third-order valence-electron chi connectivity index (χ3n) is 3.47. The number of hydrogen-bond acceptors (Lipinski definition) is 2. The molecule has 2 aromatic carbocycles. The van der Waals surface area contributed by atoms with E-state index in [2.05, 4.69) is 5.32 Å². The normalized spacial score (nSPS) is 17.8. The van der Waals surface area contributed by atoms with E-state index in [0.717, 1.165) is 28.2 Å². The lowest BCUT2D eigenvalue weighted by Gasteiger charge is -2.26. The molecule has 20 heavy (non-hydrogen) atoms. The summed E-state index contributed by atoms with van der Waals surface area (Å²) in [7, 11) is 0. The van der Waals surface area contributed by atoms with Gasteiger partial charge in [-0.3, -0.25) is 0 Å². The van der Waals surface area contributed by atoms with Crippen molar-refractivity contribution in [1.82, 2.24) is 5.32 Å². The number of benzene rings is 2. The van der Waals surface area contributed by atoms with Crippen LogP contribution in [0.2, 0.25) is 0 Å². The standard InChI is InChI=1S/C16H15F2NS/c17-12-4-1-3-11(9-12)10-19-15-7-8-20-16-13(15)5-2-6-14(16)18/h1-6,9,15,19H,7-8,10H2. The molecule has 2 aromatic rings. The fourth-order valence-corrected chi connectivity index (χ4v) is 3.63. The van der Waals surface area contributed by atoms with Gasteiger partial charge in [0.05, 0.1) is 0 Å². The summed E-state index contributed by atoms with van der Waals surface area (Å²) in [6, 6.07) is 11.9. The van der Waals surface area contributed by atoms with Crippen LogP contribution in [0.25, 0.3) is 0 Å². The summed E-state index contributed by atoms with van der Waals surface area (Å²) in [5, 5.41) is 3.40. The Bertz CT molecular complexity index is 615. The largest absolute Gasteiger partial charge is 0.306 e. The van der Waals surface area contributed by atoms with Crippen molar-refractivity contribution < 1.29 is 8.78 Å². The molecular formula is C16H15F2NS. The van der Waals surface area contributed by atoms with Gasteiger partial charge in [0.15, 0.2) is 0 Å². The van der Waals surface area contributed by atoms with Gasteiger partial charge in [0.25, 0.3) is 0 Å². The van der Waals surface area contributed by atoms with Crippen molar-refractivity contribution in [3.8, 4) is 0 Å². The zero-order chi connectivity index (χ0) is 13.9. The molecule has 1 unspecified atom stereocenters. The maximum Gasteiger partial charge on any atom is 0.137 e. The summed E-state index contributed by atoms with van der Waals surface area (Å²) in [6.45, 7) is 0.586. The van der Waals surface area contributed by atoms with Crippen molar-refractivity contribution >= 4 is 11.8 Å².